The van der Waals surface area contributed by atoms with Crippen LogP contribution >= 0.6 is 34.8 Å². The van der Waals surface area contributed by atoms with E-state index < -0.39 is 0 Å². The second-order valence-corrected chi connectivity index (χ2v) is 5.51. The summed E-state index contributed by atoms with van der Waals surface area (Å²) < 4.78 is 12.9. The Morgan fingerprint density at radius 2 is 1.62 bits per heavy atom. The maximum Gasteiger partial charge on any atom is 0.242 e. The SMILES string of the molecule is O=C(CCl)N(Cc1ccc(F)cc1)c1cc(Cl)cc(Cl)c1. The van der Waals surface area contributed by atoms with Gasteiger partial charge in [-0.1, -0.05) is 35.3 Å². The van der Waals surface area contributed by atoms with E-state index in [0.717, 1.165) is 5.56 Å². The molecule has 21 heavy (non-hydrogen) atoms. The lowest BCUT2D eigenvalue weighted by Gasteiger charge is -2.22. The van der Waals surface area contributed by atoms with Gasteiger partial charge < -0.3 is 4.90 Å². The van der Waals surface area contributed by atoms with Gasteiger partial charge >= 0.3 is 0 Å². The lowest BCUT2D eigenvalue weighted by molar-refractivity contribution is -0.116. The van der Waals surface area contributed by atoms with E-state index in [1.165, 1.54) is 17.0 Å². The van der Waals surface area contributed by atoms with Gasteiger partial charge in [-0.2, -0.15) is 0 Å². The zero-order valence-electron chi connectivity index (χ0n) is 10.8. The average molecular weight is 347 g/mol. The molecule has 110 valence electrons. The van der Waals surface area contributed by atoms with Crippen molar-refractivity contribution in [2.45, 2.75) is 6.54 Å². The maximum atomic E-state index is 12.9. The van der Waals surface area contributed by atoms with Crippen molar-refractivity contribution in [1.29, 1.82) is 0 Å². The lowest BCUT2D eigenvalue weighted by Crippen LogP contribution is -2.31. The van der Waals surface area contributed by atoms with Crippen molar-refractivity contribution in [2.24, 2.45) is 0 Å². The molecule has 0 atom stereocenters. The number of halogens is 4. The molecule has 6 heteroatoms. The number of benzene rings is 2. The Hall–Kier alpha value is -1.29. The van der Waals surface area contributed by atoms with Crippen LogP contribution in [0.3, 0.4) is 0 Å². The minimum Gasteiger partial charge on any atom is -0.307 e. The Morgan fingerprint density at radius 1 is 1.05 bits per heavy atom. The van der Waals surface area contributed by atoms with Crippen LogP contribution in [0.4, 0.5) is 10.1 Å². The average Bonchev–Trinajstić information content (AvgIpc) is 2.44. The van der Waals surface area contributed by atoms with Crippen LogP contribution in [0.5, 0.6) is 0 Å². The number of nitrogens with zero attached hydrogens (tertiary/aromatic N) is 1. The van der Waals surface area contributed by atoms with Crippen LogP contribution in [0.2, 0.25) is 10.0 Å². The molecule has 2 nitrogen and oxygen atoms in total. The van der Waals surface area contributed by atoms with Gasteiger partial charge in [0.15, 0.2) is 0 Å². The second-order valence-electron chi connectivity index (χ2n) is 4.37. The summed E-state index contributed by atoms with van der Waals surface area (Å²) in [4.78, 5) is 13.5. The molecule has 0 aliphatic heterocycles. The molecule has 1 amide bonds. The van der Waals surface area contributed by atoms with Crippen molar-refractivity contribution in [1.82, 2.24) is 0 Å². The molecular weight excluding hydrogens is 336 g/mol. The van der Waals surface area contributed by atoms with Crippen molar-refractivity contribution in [3.8, 4) is 0 Å². The molecule has 0 bridgehead atoms. The summed E-state index contributed by atoms with van der Waals surface area (Å²) in [6, 6.07) is 10.7. The van der Waals surface area contributed by atoms with Crippen LogP contribution in [0, 0.1) is 5.82 Å². The van der Waals surface area contributed by atoms with Crippen molar-refractivity contribution in [3.63, 3.8) is 0 Å². The molecule has 0 saturated heterocycles. The Kier molecular flexibility index (Phi) is 5.45. The Morgan fingerprint density at radius 3 is 2.14 bits per heavy atom. The molecule has 0 heterocycles. The largest absolute Gasteiger partial charge is 0.307 e. The highest BCUT2D eigenvalue weighted by molar-refractivity contribution is 6.35. The van der Waals surface area contributed by atoms with E-state index >= 15 is 0 Å². The van der Waals surface area contributed by atoms with Crippen molar-refractivity contribution >= 4 is 46.4 Å². The first kappa shape index (κ1) is 16.1. The number of anilines is 1. The van der Waals surface area contributed by atoms with E-state index in [-0.39, 0.29) is 24.1 Å². The highest BCUT2D eigenvalue weighted by Crippen LogP contribution is 2.27. The molecule has 2 aromatic rings. The van der Waals surface area contributed by atoms with Gasteiger partial charge in [0.25, 0.3) is 0 Å². The van der Waals surface area contributed by atoms with E-state index in [9.17, 15) is 9.18 Å². The zero-order valence-corrected chi connectivity index (χ0v) is 13.1. The van der Waals surface area contributed by atoms with Crippen molar-refractivity contribution in [2.75, 3.05) is 10.8 Å². The quantitative estimate of drug-likeness (QED) is 0.721. The molecule has 2 rings (SSSR count). The summed E-state index contributed by atoms with van der Waals surface area (Å²) in [7, 11) is 0. The summed E-state index contributed by atoms with van der Waals surface area (Å²) in [6.07, 6.45) is 0. The van der Waals surface area contributed by atoms with Gasteiger partial charge in [0.1, 0.15) is 11.7 Å². The first-order valence-electron chi connectivity index (χ1n) is 6.06. The normalized spacial score (nSPS) is 10.5. The number of amides is 1. The predicted octanol–water partition coefficient (Wildman–Crippen LogP) is 4.90. The molecule has 0 aliphatic rings. The van der Waals surface area contributed by atoms with E-state index in [2.05, 4.69) is 0 Å². The first-order valence-corrected chi connectivity index (χ1v) is 7.35. The number of rotatable bonds is 4. The highest BCUT2D eigenvalue weighted by Gasteiger charge is 2.16. The molecule has 0 aliphatic carbocycles. The standard InChI is InChI=1S/C15H11Cl3FNO/c16-8-15(21)20(9-10-1-3-13(19)4-2-10)14-6-11(17)5-12(18)7-14/h1-7H,8-9H2. The van der Waals surface area contributed by atoms with E-state index in [1.54, 1.807) is 30.3 Å². The van der Waals surface area contributed by atoms with Gasteiger partial charge in [0, 0.05) is 15.7 Å². The van der Waals surface area contributed by atoms with Crippen LogP contribution in [0.15, 0.2) is 42.5 Å². The summed E-state index contributed by atoms with van der Waals surface area (Å²) in [5, 5.41) is 0.841. The Bertz CT molecular complexity index is 626. The fraction of sp³-hybridized carbons (Fsp3) is 0.133. The van der Waals surface area contributed by atoms with Gasteiger partial charge in [-0.25, -0.2) is 4.39 Å². The van der Waals surface area contributed by atoms with Crippen LogP contribution in [-0.4, -0.2) is 11.8 Å². The topological polar surface area (TPSA) is 20.3 Å². The van der Waals surface area contributed by atoms with Gasteiger partial charge in [0.2, 0.25) is 5.91 Å². The summed E-state index contributed by atoms with van der Waals surface area (Å²) in [5.41, 5.74) is 1.31. The minimum absolute atomic E-state index is 0.175. The number of alkyl halides is 1. The van der Waals surface area contributed by atoms with Gasteiger partial charge in [0.05, 0.1) is 6.54 Å². The van der Waals surface area contributed by atoms with Gasteiger partial charge in [-0.15, -0.1) is 11.6 Å². The molecule has 0 saturated carbocycles. The molecule has 0 radical (unpaired) electrons. The zero-order chi connectivity index (χ0) is 15.4. The van der Waals surface area contributed by atoms with Crippen LogP contribution in [-0.2, 0) is 11.3 Å². The minimum atomic E-state index is -0.334. The van der Waals surface area contributed by atoms with E-state index in [0.29, 0.717) is 15.7 Å². The predicted molar refractivity (Wildman–Crippen MR) is 84.8 cm³/mol. The Balaban J connectivity index is 2.34. The first-order chi connectivity index (χ1) is 9.99. The van der Waals surface area contributed by atoms with Gasteiger partial charge in [-0.3, -0.25) is 4.79 Å². The number of carbonyl (C=O) groups is 1. The molecule has 0 fully saturated rings. The smallest absolute Gasteiger partial charge is 0.242 e. The van der Waals surface area contributed by atoms with Crippen LogP contribution < -0.4 is 4.90 Å². The summed E-state index contributed by atoms with van der Waals surface area (Å²) in [6.45, 7) is 0.252. The van der Waals surface area contributed by atoms with Crippen LogP contribution in [0.25, 0.3) is 0 Å². The van der Waals surface area contributed by atoms with Crippen molar-refractivity contribution < 1.29 is 9.18 Å². The van der Waals surface area contributed by atoms with E-state index in [4.69, 9.17) is 34.8 Å². The molecule has 0 unspecified atom stereocenters. The fourth-order valence-electron chi connectivity index (χ4n) is 1.86. The fourth-order valence-corrected chi connectivity index (χ4v) is 2.52. The lowest BCUT2D eigenvalue weighted by atomic mass is 10.2. The monoisotopic (exact) mass is 345 g/mol. The summed E-state index contributed by atoms with van der Waals surface area (Å²) in [5.74, 6) is -0.801. The third kappa shape index (κ3) is 4.34. The number of hydrogen-bond donors (Lipinski definition) is 0. The number of carbonyl (C=O) groups excluding carboxylic acids is 1. The van der Waals surface area contributed by atoms with E-state index in [1.807, 2.05) is 0 Å². The third-order valence-corrected chi connectivity index (χ3v) is 3.49. The van der Waals surface area contributed by atoms with Gasteiger partial charge in [-0.05, 0) is 35.9 Å². The molecule has 0 N–H and O–H groups in total. The third-order valence-electron chi connectivity index (χ3n) is 2.83. The van der Waals surface area contributed by atoms with Crippen molar-refractivity contribution in [3.05, 3.63) is 63.9 Å². The second kappa shape index (κ2) is 7.12. The molecule has 2 aromatic carbocycles. The molecular formula is C15H11Cl3FNO. The maximum absolute atomic E-state index is 12.9. The number of hydrogen-bond acceptors (Lipinski definition) is 1. The molecule has 0 aromatic heterocycles. The highest BCUT2D eigenvalue weighted by atomic mass is 35.5. The summed E-state index contributed by atoms with van der Waals surface area (Å²) >= 11 is 17.6. The molecule has 0 spiro atoms. The van der Waals surface area contributed by atoms with Crippen LogP contribution in [0.1, 0.15) is 5.56 Å². The Labute approximate surface area is 137 Å².